The van der Waals surface area contributed by atoms with Crippen molar-refractivity contribution in [2.75, 3.05) is 7.11 Å². The Morgan fingerprint density at radius 2 is 1.45 bits per heavy atom. The Hall–Kier alpha value is -5.41. The first-order valence-corrected chi connectivity index (χ1v) is 18.1. The highest BCUT2D eigenvalue weighted by Crippen LogP contribution is 2.48. The smallest absolute Gasteiger partial charge is 0.312 e. The SMILES string of the molecule is CO[C@H]1/C=C/O[C@@]2(C)Oc3c(C)c(OC(C)=O)c4c(c3C2=O)C(=O)C=C(NC(=O)/C(C)=C/C=C/[C@H](C)[C@H](OC(C)=O)[C@@H](C)[C@@H](O)[C@@H](C)[C@H](OC(C)=O)[C@@H]1C)C4=O. The third kappa shape index (κ3) is 8.68. The number of ether oxygens (including phenoxy) is 6. The molecule has 56 heavy (non-hydrogen) atoms. The molecule has 15 heteroatoms. The van der Waals surface area contributed by atoms with Crippen molar-refractivity contribution in [1.29, 1.82) is 0 Å². The van der Waals surface area contributed by atoms with Crippen LogP contribution in [0.25, 0.3) is 0 Å². The number of carbonyl (C=O) groups excluding carboxylic acids is 7. The molecule has 5 bridgehead atoms. The highest BCUT2D eigenvalue weighted by atomic mass is 16.7. The van der Waals surface area contributed by atoms with Crippen LogP contribution < -0.4 is 14.8 Å². The normalized spacial score (nSPS) is 31.8. The van der Waals surface area contributed by atoms with Gasteiger partial charge in [0, 0.05) is 75.7 Å². The minimum Gasteiger partial charge on any atom is -0.462 e. The summed E-state index contributed by atoms with van der Waals surface area (Å²) in [6.07, 6.45) is 4.32. The molecule has 15 nitrogen and oxygen atoms in total. The molecule has 2 N–H and O–H groups in total. The molecular formula is C41H49NO14. The van der Waals surface area contributed by atoms with Gasteiger partial charge in [0.25, 0.3) is 11.7 Å². The van der Waals surface area contributed by atoms with E-state index in [1.165, 1.54) is 53.9 Å². The van der Waals surface area contributed by atoms with Crippen molar-refractivity contribution in [3.63, 3.8) is 0 Å². The Labute approximate surface area is 325 Å². The molecule has 0 radical (unpaired) electrons. The van der Waals surface area contributed by atoms with Gasteiger partial charge in [0.1, 0.15) is 23.7 Å². The average molecular weight is 780 g/mol. The fraction of sp³-hybridized carbons (Fsp3) is 0.488. The number of methoxy groups -OCH3 is 1. The average Bonchev–Trinajstić information content (AvgIpc) is 3.38. The highest BCUT2D eigenvalue weighted by molar-refractivity contribution is 6.31. The molecule has 1 aliphatic carbocycles. The van der Waals surface area contributed by atoms with E-state index >= 15 is 0 Å². The van der Waals surface area contributed by atoms with Gasteiger partial charge in [-0.3, -0.25) is 33.6 Å². The van der Waals surface area contributed by atoms with Crippen LogP contribution in [0.1, 0.15) is 99.0 Å². The van der Waals surface area contributed by atoms with Crippen LogP contribution in [0.3, 0.4) is 0 Å². The van der Waals surface area contributed by atoms with Crippen LogP contribution in [-0.2, 0) is 38.1 Å². The van der Waals surface area contributed by atoms with Gasteiger partial charge in [0.15, 0.2) is 5.78 Å². The second-order valence-corrected chi connectivity index (χ2v) is 14.5. The Balaban J connectivity index is 1.90. The maximum atomic E-state index is 14.1. The maximum absolute atomic E-state index is 14.1. The van der Waals surface area contributed by atoms with E-state index in [0.29, 0.717) is 0 Å². The Morgan fingerprint density at radius 1 is 0.839 bits per heavy atom. The number of aliphatic hydroxyl groups excluding tert-OH is 1. The van der Waals surface area contributed by atoms with Crippen molar-refractivity contribution in [2.45, 2.75) is 99.4 Å². The van der Waals surface area contributed by atoms with E-state index in [1.54, 1.807) is 39.8 Å². The molecule has 1 amide bonds. The number of amides is 1. The van der Waals surface area contributed by atoms with Gasteiger partial charge >= 0.3 is 23.7 Å². The second kappa shape index (κ2) is 17.2. The van der Waals surface area contributed by atoms with Crippen molar-refractivity contribution in [1.82, 2.24) is 5.32 Å². The summed E-state index contributed by atoms with van der Waals surface area (Å²) in [7, 11) is 1.41. The van der Waals surface area contributed by atoms with Crippen LogP contribution in [0.2, 0.25) is 0 Å². The van der Waals surface area contributed by atoms with Gasteiger partial charge in [-0.25, -0.2) is 0 Å². The van der Waals surface area contributed by atoms with Crippen molar-refractivity contribution in [3.8, 4) is 11.5 Å². The molecule has 302 valence electrons. The fourth-order valence-corrected chi connectivity index (χ4v) is 7.27. The van der Waals surface area contributed by atoms with Gasteiger partial charge in [-0.15, -0.1) is 0 Å². The zero-order chi connectivity index (χ0) is 42.0. The summed E-state index contributed by atoms with van der Waals surface area (Å²) >= 11 is 0. The highest BCUT2D eigenvalue weighted by Gasteiger charge is 2.52. The Bertz CT molecular complexity index is 1960. The van der Waals surface area contributed by atoms with Gasteiger partial charge < -0.3 is 38.8 Å². The zero-order valence-electron chi connectivity index (χ0n) is 33.3. The Morgan fingerprint density at radius 3 is 2.04 bits per heavy atom. The van der Waals surface area contributed by atoms with E-state index in [2.05, 4.69) is 5.32 Å². The van der Waals surface area contributed by atoms with E-state index in [0.717, 1.165) is 19.3 Å². The van der Waals surface area contributed by atoms with Crippen molar-refractivity contribution in [2.24, 2.45) is 23.7 Å². The minimum absolute atomic E-state index is 0.0506. The predicted octanol–water partition coefficient (Wildman–Crippen LogP) is 4.42. The lowest BCUT2D eigenvalue weighted by Crippen LogP contribution is -2.47. The van der Waals surface area contributed by atoms with E-state index in [-0.39, 0.29) is 33.8 Å². The number of hydrogen-bond acceptors (Lipinski definition) is 14. The molecule has 9 atom stereocenters. The van der Waals surface area contributed by atoms with Crippen LogP contribution in [0, 0.1) is 30.6 Å². The van der Waals surface area contributed by atoms with Crippen molar-refractivity contribution < 1.29 is 67.1 Å². The molecule has 0 saturated heterocycles. The molecule has 4 aliphatic rings. The Kier molecular flexibility index (Phi) is 13.3. The van der Waals surface area contributed by atoms with Crippen LogP contribution in [0.5, 0.6) is 11.5 Å². The molecule has 0 saturated carbocycles. The summed E-state index contributed by atoms with van der Waals surface area (Å²) in [5, 5.41) is 14.2. The van der Waals surface area contributed by atoms with Crippen molar-refractivity contribution in [3.05, 3.63) is 70.2 Å². The molecular weight excluding hydrogens is 730 g/mol. The number of benzene rings is 1. The first-order valence-electron chi connectivity index (χ1n) is 18.1. The first-order chi connectivity index (χ1) is 26.1. The lowest BCUT2D eigenvalue weighted by atomic mass is 9.78. The maximum Gasteiger partial charge on any atom is 0.312 e. The summed E-state index contributed by atoms with van der Waals surface area (Å²) in [6, 6.07) is 0. The summed E-state index contributed by atoms with van der Waals surface area (Å²) in [5.74, 6) is -10.5. The van der Waals surface area contributed by atoms with E-state index in [9.17, 15) is 38.7 Å². The van der Waals surface area contributed by atoms with Gasteiger partial charge in [-0.2, -0.15) is 0 Å². The molecule has 3 heterocycles. The lowest BCUT2D eigenvalue weighted by molar-refractivity contribution is -0.164. The van der Waals surface area contributed by atoms with Crippen LogP contribution in [-0.4, -0.2) is 83.6 Å². The number of hydrogen-bond donors (Lipinski definition) is 2. The molecule has 3 aliphatic heterocycles. The van der Waals surface area contributed by atoms with E-state index in [4.69, 9.17) is 28.4 Å². The molecule has 0 fully saturated rings. The number of rotatable bonds is 4. The zero-order valence-corrected chi connectivity index (χ0v) is 33.3. The largest absolute Gasteiger partial charge is 0.462 e. The van der Waals surface area contributed by atoms with Crippen molar-refractivity contribution >= 4 is 41.2 Å². The van der Waals surface area contributed by atoms with E-state index in [1.807, 2.05) is 0 Å². The third-order valence-corrected chi connectivity index (χ3v) is 10.3. The third-order valence-electron chi connectivity index (χ3n) is 10.3. The van der Waals surface area contributed by atoms with Crippen LogP contribution in [0.15, 0.2) is 47.9 Å². The monoisotopic (exact) mass is 779 g/mol. The van der Waals surface area contributed by atoms with Gasteiger partial charge in [0.2, 0.25) is 5.78 Å². The summed E-state index contributed by atoms with van der Waals surface area (Å²) < 4.78 is 34.5. The predicted molar refractivity (Wildman–Crippen MR) is 198 cm³/mol. The fourth-order valence-electron chi connectivity index (χ4n) is 7.27. The number of Topliss-reactive ketones (excluding diaryl/α,β-unsaturated/α-hetero) is 2. The first kappa shape index (κ1) is 43.3. The summed E-state index contributed by atoms with van der Waals surface area (Å²) in [4.78, 5) is 92.2. The summed E-state index contributed by atoms with van der Waals surface area (Å²) in [6.45, 7) is 14.7. The molecule has 0 unspecified atom stereocenters. The number of carbonyl (C=O) groups is 7. The van der Waals surface area contributed by atoms with Gasteiger partial charge in [0.05, 0.1) is 40.9 Å². The van der Waals surface area contributed by atoms with Crippen LogP contribution >= 0.6 is 0 Å². The minimum atomic E-state index is -2.09. The number of esters is 3. The topological polar surface area (TPSA) is 207 Å². The number of fused-ring (bicyclic) bond motifs is 14. The molecule has 5 rings (SSSR count). The lowest BCUT2D eigenvalue weighted by Gasteiger charge is -2.38. The van der Waals surface area contributed by atoms with Gasteiger partial charge in [-0.1, -0.05) is 45.9 Å². The van der Waals surface area contributed by atoms with Crippen LogP contribution in [0.4, 0.5) is 0 Å². The molecule has 1 aromatic carbocycles. The van der Waals surface area contributed by atoms with Gasteiger partial charge in [-0.05, 0) is 19.9 Å². The number of nitrogens with one attached hydrogen (secondary N) is 1. The number of aliphatic hydroxyl groups is 1. The molecule has 0 aromatic heterocycles. The number of allylic oxidation sites excluding steroid dienone is 4. The van der Waals surface area contributed by atoms with E-state index < -0.39 is 106 Å². The second-order valence-electron chi connectivity index (χ2n) is 14.5. The standard InChI is InChI=1S/C41H49NO14/c1-18-13-12-14-19(2)40(50)42-27-17-28(46)30-31(34(27)48)37(55-26(9)45)23(6)38-32(30)39(49)41(10,56-38)52-16-15-29(51-11)20(3)36(54-25(8)44)22(5)33(47)21(4)35(18)53-24(7)43/h12-18,20-22,29,33,35-36,47H,1-11H3,(H,42,50)/b13-12+,16-15+,19-14+/t18-,20+,21-,22+,29-,33+,35-,36+,41-/m0/s1. The number of ketones is 3. The quantitative estimate of drug-likeness (QED) is 0.321. The summed E-state index contributed by atoms with van der Waals surface area (Å²) in [5.41, 5.74) is -1.33. The molecule has 1 aromatic rings. The molecule has 0 spiro atoms.